The lowest BCUT2D eigenvalue weighted by Gasteiger charge is -2.29. The SMILES string of the molecule is Cc1ccc(OCC(=O)N(Cc2ccccc2C)[C@H](C)C(=O)NC(C)C)cc1. The quantitative estimate of drug-likeness (QED) is 0.759. The molecule has 1 N–H and O–H groups in total. The number of nitrogens with zero attached hydrogens (tertiary/aromatic N) is 1. The first-order valence-corrected chi connectivity index (χ1v) is 9.61. The molecule has 0 aliphatic rings. The molecule has 28 heavy (non-hydrogen) atoms. The van der Waals surface area contributed by atoms with Gasteiger partial charge in [0, 0.05) is 12.6 Å². The Morgan fingerprint density at radius 1 is 1.00 bits per heavy atom. The molecule has 0 aliphatic heterocycles. The van der Waals surface area contributed by atoms with Gasteiger partial charge >= 0.3 is 0 Å². The van der Waals surface area contributed by atoms with E-state index < -0.39 is 6.04 Å². The van der Waals surface area contributed by atoms with Crippen molar-refractivity contribution < 1.29 is 14.3 Å². The van der Waals surface area contributed by atoms with Crippen LogP contribution in [-0.4, -0.2) is 35.4 Å². The van der Waals surface area contributed by atoms with Crippen LogP contribution in [0.15, 0.2) is 48.5 Å². The van der Waals surface area contributed by atoms with E-state index in [4.69, 9.17) is 4.74 Å². The molecule has 0 heterocycles. The highest BCUT2D eigenvalue weighted by Crippen LogP contribution is 2.15. The molecular weight excluding hydrogens is 352 g/mol. The van der Waals surface area contributed by atoms with Crippen molar-refractivity contribution in [3.63, 3.8) is 0 Å². The summed E-state index contributed by atoms with van der Waals surface area (Å²) in [7, 11) is 0. The van der Waals surface area contributed by atoms with Gasteiger partial charge in [-0.3, -0.25) is 9.59 Å². The molecule has 0 aromatic heterocycles. The number of nitrogens with one attached hydrogen (secondary N) is 1. The molecule has 0 bridgehead atoms. The third kappa shape index (κ3) is 6.12. The van der Waals surface area contributed by atoms with Gasteiger partial charge in [-0.1, -0.05) is 42.0 Å². The summed E-state index contributed by atoms with van der Waals surface area (Å²) in [5, 5.41) is 2.88. The first kappa shape index (κ1) is 21.5. The summed E-state index contributed by atoms with van der Waals surface area (Å²) >= 11 is 0. The predicted molar refractivity (Wildman–Crippen MR) is 111 cm³/mol. The summed E-state index contributed by atoms with van der Waals surface area (Å²) in [5.74, 6) is 0.233. The summed E-state index contributed by atoms with van der Waals surface area (Å²) in [6, 6.07) is 14.8. The number of benzene rings is 2. The van der Waals surface area contributed by atoms with Crippen LogP contribution in [0.2, 0.25) is 0 Å². The molecule has 0 spiro atoms. The second-order valence-electron chi connectivity index (χ2n) is 7.39. The number of ether oxygens (including phenoxy) is 1. The lowest BCUT2D eigenvalue weighted by atomic mass is 10.1. The molecule has 0 unspecified atom stereocenters. The van der Waals surface area contributed by atoms with Gasteiger partial charge in [-0.2, -0.15) is 0 Å². The zero-order valence-corrected chi connectivity index (χ0v) is 17.4. The van der Waals surface area contributed by atoms with Crippen LogP contribution in [0.4, 0.5) is 0 Å². The molecule has 2 rings (SSSR count). The van der Waals surface area contributed by atoms with Gasteiger partial charge in [0.05, 0.1) is 0 Å². The van der Waals surface area contributed by atoms with Gasteiger partial charge < -0.3 is 15.0 Å². The predicted octanol–water partition coefficient (Wildman–Crippen LogP) is 3.62. The van der Waals surface area contributed by atoms with Crippen molar-refractivity contribution in [2.45, 2.75) is 53.2 Å². The summed E-state index contributed by atoms with van der Waals surface area (Å²) < 4.78 is 5.66. The van der Waals surface area contributed by atoms with Crippen LogP contribution in [0.5, 0.6) is 5.75 Å². The van der Waals surface area contributed by atoms with Crippen molar-refractivity contribution in [1.29, 1.82) is 0 Å². The van der Waals surface area contributed by atoms with E-state index in [2.05, 4.69) is 5.32 Å². The van der Waals surface area contributed by atoms with E-state index in [1.807, 2.05) is 76.2 Å². The van der Waals surface area contributed by atoms with E-state index in [1.165, 1.54) is 0 Å². The summed E-state index contributed by atoms with van der Waals surface area (Å²) in [4.78, 5) is 27.1. The fraction of sp³-hybridized carbons (Fsp3) is 0.391. The first-order valence-electron chi connectivity index (χ1n) is 9.61. The molecule has 2 aromatic carbocycles. The second kappa shape index (κ2) is 9.93. The topological polar surface area (TPSA) is 58.6 Å². The zero-order chi connectivity index (χ0) is 20.7. The standard InChI is InChI=1S/C23H30N2O3/c1-16(2)24-23(27)19(5)25(14-20-9-7-6-8-18(20)4)22(26)15-28-21-12-10-17(3)11-13-21/h6-13,16,19H,14-15H2,1-5H3,(H,24,27)/t19-/m1/s1. The molecule has 5 nitrogen and oxygen atoms in total. The molecule has 0 saturated carbocycles. The molecule has 0 saturated heterocycles. The lowest BCUT2D eigenvalue weighted by molar-refractivity contribution is -0.142. The molecule has 5 heteroatoms. The lowest BCUT2D eigenvalue weighted by Crippen LogP contribution is -2.50. The number of hydrogen-bond acceptors (Lipinski definition) is 3. The molecular formula is C23H30N2O3. The van der Waals surface area contributed by atoms with Crippen LogP contribution in [0.1, 0.15) is 37.5 Å². The van der Waals surface area contributed by atoms with Crippen molar-refractivity contribution in [2.24, 2.45) is 0 Å². The molecule has 0 fully saturated rings. The van der Waals surface area contributed by atoms with Gasteiger partial charge in [-0.05, 0) is 57.9 Å². The van der Waals surface area contributed by atoms with Crippen LogP contribution in [0.3, 0.4) is 0 Å². The Bertz CT molecular complexity index is 800. The van der Waals surface area contributed by atoms with Crippen molar-refractivity contribution in [3.05, 3.63) is 65.2 Å². The fourth-order valence-electron chi connectivity index (χ4n) is 2.82. The molecule has 150 valence electrons. The van der Waals surface area contributed by atoms with E-state index >= 15 is 0 Å². The van der Waals surface area contributed by atoms with Crippen LogP contribution in [0.25, 0.3) is 0 Å². The molecule has 0 aliphatic carbocycles. The maximum atomic E-state index is 13.0. The van der Waals surface area contributed by atoms with Crippen molar-refractivity contribution in [2.75, 3.05) is 6.61 Å². The Labute approximate surface area is 167 Å². The summed E-state index contributed by atoms with van der Waals surface area (Å²) in [5.41, 5.74) is 3.21. The minimum atomic E-state index is -0.601. The molecule has 2 aromatic rings. The Balaban J connectivity index is 2.15. The highest BCUT2D eigenvalue weighted by molar-refractivity contribution is 5.88. The number of rotatable bonds is 8. The number of amides is 2. The Morgan fingerprint density at radius 2 is 1.64 bits per heavy atom. The van der Waals surface area contributed by atoms with E-state index in [0.717, 1.165) is 16.7 Å². The highest BCUT2D eigenvalue weighted by atomic mass is 16.5. The number of hydrogen-bond donors (Lipinski definition) is 1. The first-order chi connectivity index (χ1) is 13.3. The summed E-state index contributed by atoms with van der Waals surface area (Å²) in [6.07, 6.45) is 0. The van der Waals surface area contributed by atoms with E-state index in [1.54, 1.807) is 11.8 Å². The van der Waals surface area contributed by atoms with Gasteiger partial charge in [-0.15, -0.1) is 0 Å². The van der Waals surface area contributed by atoms with Crippen LogP contribution >= 0.6 is 0 Å². The number of carbonyl (C=O) groups is 2. The van der Waals surface area contributed by atoms with Gasteiger partial charge in [-0.25, -0.2) is 0 Å². The van der Waals surface area contributed by atoms with Gasteiger partial charge in [0.15, 0.2) is 6.61 Å². The molecule has 1 atom stereocenters. The zero-order valence-electron chi connectivity index (χ0n) is 17.4. The third-order valence-electron chi connectivity index (χ3n) is 4.58. The fourth-order valence-corrected chi connectivity index (χ4v) is 2.82. The highest BCUT2D eigenvalue weighted by Gasteiger charge is 2.27. The minimum Gasteiger partial charge on any atom is -0.484 e. The van der Waals surface area contributed by atoms with Crippen molar-refractivity contribution in [3.8, 4) is 5.75 Å². The third-order valence-corrected chi connectivity index (χ3v) is 4.58. The smallest absolute Gasteiger partial charge is 0.261 e. The molecule has 0 radical (unpaired) electrons. The molecule has 2 amide bonds. The van der Waals surface area contributed by atoms with E-state index in [-0.39, 0.29) is 24.5 Å². The monoisotopic (exact) mass is 382 g/mol. The number of carbonyl (C=O) groups excluding carboxylic acids is 2. The van der Waals surface area contributed by atoms with Crippen LogP contribution < -0.4 is 10.1 Å². The van der Waals surface area contributed by atoms with Gasteiger partial charge in [0.25, 0.3) is 5.91 Å². The average molecular weight is 383 g/mol. The Hall–Kier alpha value is -2.82. The normalized spacial score (nSPS) is 11.8. The maximum Gasteiger partial charge on any atom is 0.261 e. The Kier molecular flexibility index (Phi) is 7.61. The maximum absolute atomic E-state index is 13.0. The van der Waals surface area contributed by atoms with Gasteiger partial charge in [0.1, 0.15) is 11.8 Å². The van der Waals surface area contributed by atoms with Crippen molar-refractivity contribution >= 4 is 11.8 Å². The van der Waals surface area contributed by atoms with Gasteiger partial charge in [0.2, 0.25) is 5.91 Å². The van der Waals surface area contributed by atoms with E-state index in [9.17, 15) is 9.59 Å². The Morgan fingerprint density at radius 3 is 2.25 bits per heavy atom. The van der Waals surface area contributed by atoms with E-state index in [0.29, 0.717) is 12.3 Å². The van der Waals surface area contributed by atoms with Crippen LogP contribution in [0, 0.1) is 13.8 Å². The largest absolute Gasteiger partial charge is 0.484 e. The minimum absolute atomic E-state index is 0.00849. The second-order valence-corrected chi connectivity index (χ2v) is 7.39. The average Bonchev–Trinajstić information content (AvgIpc) is 2.65. The van der Waals surface area contributed by atoms with Crippen LogP contribution in [-0.2, 0) is 16.1 Å². The summed E-state index contributed by atoms with van der Waals surface area (Å²) in [6.45, 7) is 9.79. The van der Waals surface area contributed by atoms with Crippen molar-refractivity contribution in [1.82, 2.24) is 10.2 Å². The number of aryl methyl sites for hydroxylation is 2.